The monoisotopic (exact) mass is 462 g/mol. The molecule has 0 aliphatic carbocycles. The Hall–Kier alpha value is -3.53. The molecule has 0 aliphatic heterocycles. The quantitative estimate of drug-likeness (QED) is 0.567. The first kappa shape index (κ1) is 24.1. The molecule has 174 valence electrons. The molecule has 0 saturated heterocycles. The molecule has 1 unspecified atom stereocenters. The van der Waals surface area contributed by atoms with Gasteiger partial charge in [-0.2, -0.15) is 18.3 Å². The molecule has 3 rings (SSSR count). The summed E-state index contributed by atoms with van der Waals surface area (Å²) in [7, 11) is 3.49. The smallest absolute Gasteiger partial charge is 0.349 e. The van der Waals surface area contributed by atoms with Crippen molar-refractivity contribution in [2.75, 3.05) is 20.6 Å². The molecule has 1 heterocycles. The lowest BCUT2D eigenvalue weighted by Crippen LogP contribution is -2.37. The minimum atomic E-state index is -4.65. The van der Waals surface area contributed by atoms with E-state index in [4.69, 9.17) is 0 Å². The zero-order chi connectivity index (χ0) is 24.3. The van der Waals surface area contributed by atoms with Crippen LogP contribution in [0.15, 0.2) is 59.4 Å². The van der Waals surface area contributed by atoms with E-state index in [1.165, 1.54) is 37.3 Å². The molecule has 33 heavy (non-hydrogen) atoms. The summed E-state index contributed by atoms with van der Waals surface area (Å²) in [6.07, 6.45) is -4.65. The number of hydrogen-bond donors (Lipinski definition) is 1. The van der Waals surface area contributed by atoms with E-state index in [1.54, 1.807) is 31.1 Å². The molecule has 1 aromatic heterocycles. The van der Waals surface area contributed by atoms with Crippen LogP contribution in [0.5, 0.6) is 0 Å². The van der Waals surface area contributed by atoms with E-state index >= 15 is 0 Å². The maximum atomic E-state index is 13.6. The number of carbonyl (C=O) groups is 1. The van der Waals surface area contributed by atoms with Crippen molar-refractivity contribution < 1.29 is 22.4 Å². The van der Waals surface area contributed by atoms with Gasteiger partial charge in [0.15, 0.2) is 5.69 Å². The Morgan fingerprint density at radius 3 is 2.45 bits per heavy atom. The zero-order valence-electron chi connectivity index (χ0n) is 18.2. The van der Waals surface area contributed by atoms with Crippen LogP contribution >= 0.6 is 0 Å². The van der Waals surface area contributed by atoms with Crippen LogP contribution in [0.25, 0.3) is 5.69 Å². The lowest BCUT2D eigenvalue weighted by atomic mass is 10.1. The number of benzene rings is 2. The molecule has 0 saturated carbocycles. The van der Waals surface area contributed by atoms with Crippen LogP contribution in [0.1, 0.15) is 33.4 Å². The van der Waals surface area contributed by atoms with Crippen LogP contribution in [0.3, 0.4) is 0 Å². The average molecular weight is 462 g/mol. The molecule has 0 spiro atoms. The first-order valence-electron chi connectivity index (χ1n) is 9.96. The fourth-order valence-electron chi connectivity index (χ4n) is 3.43. The van der Waals surface area contributed by atoms with E-state index in [-0.39, 0.29) is 17.9 Å². The highest BCUT2D eigenvalue weighted by Crippen LogP contribution is 2.33. The number of aryl methyl sites for hydroxylation is 1. The lowest BCUT2D eigenvalue weighted by Gasteiger charge is -2.25. The topological polar surface area (TPSA) is 67.2 Å². The summed E-state index contributed by atoms with van der Waals surface area (Å²) < 4.78 is 54.9. The Morgan fingerprint density at radius 1 is 1.12 bits per heavy atom. The molecule has 2 aromatic carbocycles. The van der Waals surface area contributed by atoms with Crippen molar-refractivity contribution in [3.8, 4) is 5.69 Å². The second-order valence-electron chi connectivity index (χ2n) is 7.67. The van der Waals surface area contributed by atoms with Gasteiger partial charge in [-0.3, -0.25) is 9.59 Å². The Morgan fingerprint density at radius 2 is 1.82 bits per heavy atom. The third-order valence-corrected chi connectivity index (χ3v) is 5.07. The van der Waals surface area contributed by atoms with Gasteiger partial charge in [-0.1, -0.05) is 24.3 Å². The molecule has 6 nitrogen and oxygen atoms in total. The Balaban J connectivity index is 1.93. The molecular formula is C23H22F4N4O2. The van der Waals surface area contributed by atoms with E-state index in [1.807, 2.05) is 0 Å². The number of halogens is 4. The van der Waals surface area contributed by atoms with Gasteiger partial charge in [0.1, 0.15) is 5.82 Å². The van der Waals surface area contributed by atoms with Gasteiger partial charge in [0.2, 0.25) is 5.43 Å². The number of nitrogens with zero attached hydrogens (tertiary/aromatic N) is 3. The third kappa shape index (κ3) is 5.46. The van der Waals surface area contributed by atoms with Gasteiger partial charge in [0, 0.05) is 18.3 Å². The molecule has 0 aliphatic rings. The van der Waals surface area contributed by atoms with Gasteiger partial charge < -0.3 is 10.2 Å². The van der Waals surface area contributed by atoms with E-state index in [0.29, 0.717) is 5.56 Å². The molecule has 3 aromatic rings. The van der Waals surface area contributed by atoms with E-state index in [2.05, 4.69) is 10.4 Å². The number of hydrogen-bond acceptors (Lipinski definition) is 4. The van der Waals surface area contributed by atoms with E-state index < -0.39 is 40.6 Å². The standard InChI is InChI=1S/C23H22F4N4O2/c1-14-11-20(32)21(29-31(14)18-10-5-4-9-17(18)23(25,26)27)22(33)28-13-19(30(2)3)15-7-6-8-16(24)12-15/h4-12,19H,13H2,1-3H3,(H,28,33). The normalized spacial score (nSPS) is 12.6. The van der Waals surface area contributed by atoms with Crippen molar-refractivity contribution in [2.45, 2.75) is 19.1 Å². The average Bonchev–Trinajstić information content (AvgIpc) is 2.73. The Kier molecular flexibility index (Phi) is 6.97. The number of likely N-dealkylation sites (N-methyl/N-ethyl adjacent to an activating group) is 1. The molecule has 0 bridgehead atoms. The second-order valence-corrected chi connectivity index (χ2v) is 7.67. The minimum absolute atomic E-state index is 0.0173. The zero-order valence-corrected chi connectivity index (χ0v) is 18.2. The number of para-hydroxylation sites is 1. The fourth-order valence-corrected chi connectivity index (χ4v) is 3.43. The summed E-state index contributed by atoms with van der Waals surface area (Å²) in [5.74, 6) is -1.28. The molecule has 1 N–H and O–H groups in total. The number of aromatic nitrogens is 2. The first-order chi connectivity index (χ1) is 15.5. The van der Waals surface area contributed by atoms with Gasteiger partial charge in [0.05, 0.1) is 17.3 Å². The molecule has 0 fully saturated rings. The van der Waals surface area contributed by atoms with Gasteiger partial charge in [-0.15, -0.1) is 0 Å². The van der Waals surface area contributed by atoms with Crippen molar-refractivity contribution in [3.05, 3.63) is 93.2 Å². The summed E-state index contributed by atoms with van der Waals surface area (Å²) in [5, 5.41) is 6.53. The molecule has 1 amide bonds. The maximum Gasteiger partial charge on any atom is 0.418 e. The summed E-state index contributed by atoms with van der Waals surface area (Å²) in [4.78, 5) is 26.9. The lowest BCUT2D eigenvalue weighted by molar-refractivity contribution is -0.137. The number of carbonyl (C=O) groups excluding carboxylic acids is 1. The fraction of sp³-hybridized carbons (Fsp3) is 0.261. The van der Waals surface area contributed by atoms with Crippen LogP contribution in [0.4, 0.5) is 17.6 Å². The van der Waals surface area contributed by atoms with Gasteiger partial charge in [-0.05, 0) is 50.8 Å². The number of nitrogens with one attached hydrogen (secondary N) is 1. The molecular weight excluding hydrogens is 440 g/mol. The van der Waals surface area contributed by atoms with Gasteiger partial charge in [-0.25, -0.2) is 9.07 Å². The minimum Gasteiger partial charge on any atom is -0.349 e. The summed E-state index contributed by atoms with van der Waals surface area (Å²) in [6, 6.07) is 11.3. The Bertz CT molecular complexity index is 1220. The first-order valence-corrected chi connectivity index (χ1v) is 9.96. The Labute approximate surface area is 187 Å². The van der Waals surface area contributed by atoms with Crippen LogP contribution in [-0.2, 0) is 6.18 Å². The highest BCUT2D eigenvalue weighted by atomic mass is 19.4. The third-order valence-electron chi connectivity index (χ3n) is 5.07. The molecule has 10 heteroatoms. The van der Waals surface area contributed by atoms with Crippen molar-refractivity contribution in [1.29, 1.82) is 0 Å². The highest BCUT2D eigenvalue weighted by Gasteiger charge is 2.34. The van der Waals surface area contributed by atoms with Crippen LogP contribution in [0, 0.1) is 12.7 Å². The largest absolute Gasteiger partial charge is 0.418 e. The van der Waals surface area contributed by atoms with Crippen molar-refractivity contribution in [2.24, 2.45) is 0 Å². The van der Waals surface area contributed by atoms with Crippen LogP contribution in [-0.4, -0.2) is 41.2 Å². The highest BCUT2D eigenvalue weighted by molar-refractivity contribution is 5.92. The van der Waals surface area contributed by atoms with Crippen LogP contribution in [0.2, 0.25) is 0 Å². The SMILES string of the molecule is Cc1cc(=O)c(C(=O)NCC(c2cccc(F)c2)N(C)C)nn1-c1ccccc1C(F)(F)F. The number of alkyl halides is 3. The maximum absolute atomic E-state index is 13.6. The predicted molar refractivity (Wildman–Crippen MR) is 115 cm³/mol. The van der Waals surface area contributed by atoms with Crippen LogP contribution < -0.4 is 10.7 Å². The van der Waals surface area contributed by atoms with Crippen molar-refractivity contribution >= 4 is 5.91 Å². The molecule has 1 atom stereocenters. The van der Waals surface area contributed by atoms with E-state index in [9.17, 15) is 27.2 Å². The van der Waals surface area contributed by atoms with Gasteiger partial charge in [0.25, 0.3) is 5.91 Å². The molecule has 0 radical (unpaired) electrons. The summed E-state index contributed by atoms with van der Waals surface area (Å²) >= 11 is 0. The van der Waals surface area contributed by atoms with Crippen molar-refractivity contribution in [1.82, 2.24) is 20.0 Å². The number of rotatable bonds is 6. The summed E-state index contributed by atoms with van der Waals surface area (Å²) in [5.41, 5.74) is -1.78. The van der Waals surface area contributed by atoms with E-state index in [0.717, 1.165) is 16.8 Å². The number of amides is 1. The van der Waals surface area contributed by atoms with Gasteiger partial charge >= 0.3 is 6.18 Å². The van der Waals surface area contributed by atoms with Crippen molar-refractivity contribution in [3.63, 3.8) is 0 Å². The second kappa shape index (κ2) is 9.53. The predicted octanol–water partition coefficient (Wildman–Crippen LogP) is 3.73. The summed E-state index contributed by atoms with van der Waals surface area (Å²) in [6.45, 7) is 1.44.